The zero-order valence-electron chi connectivity index (χ0n) is 21.3. The SMILES string of the molecule is CCC(=O)CCCCCC(NC(=O)Cc1cccnc1)c1ncc(-c2cc3ccccc3nc2OC)o1. The summed E-state index contributed by atoms with van der Waals surface area (Å²) in [6.45, 7) is 1.89. The number of oxazole rings is 1. The molecule has 8 nitrogen and oxygen atoms in total. The Balaban J connectivity index is 1.52. The third-order valence-corrected chi connectivity index (χ3v) is 6.23. The first kappa shape index (κ1) is 26.0. The van der Waals surface area contributed by atoms with Gasteiger partial charge in [0.2, 0.25) is 17.7 Å². The molecule has 1 unspecified atom stereocenters. The van der Waals surface area contributed by atoms with E-state index in [-0.39, 0.29) is 18.1 Å². The van der Waals surface area contributed by atoms with Crippen LogP contribution >= 0.6 is 0 Å². The number of methoxy groups -OCH3 is 1. The fourth-order valence-electron chi connectivity index (χ4n) is 4.22. The van der Waals surface area contributed by atoms with Crippen LogP contribution in [0, 0.1) is 0 Å². The lowest BCUT2D eigenvalue weighted by molar-refractivity contribution is -0.121. The molecule has 192 valence electrons. The van der Waals surface area contributed by atoms with Crippen molar-refractivity contribution >= 4 is 22.6 Å². The summed E-state index contributed by atoms with van der Waals surface area (Å²) in [6.07, 6.45) is 9.57. The van der Waals surface area contributed by atoms with E-state index < -0.39 is 6.04 Å². The summed E-state index contributed by atoms with van der Waals surface area (Å²) in [7, 11) is 1.57. The minimum absolute atomic E-state index is 0.135. The van der Waals surface area contributed by atoms with Gasteiger partial charge in [-0.05, 0) is 36.6 Å². The number of Topliss-reactive ketones (excluding diaryl/α,β-unsaturated/α-hetero) is 1. The molecule has 0 fully saturated rings. The number of rotatable bonds is 13. The summed E-state index contributed by atoms with van der Waals surface area (Å²) >= 11 is 0. The summed E-state index contributed by atoms with van der Waals surface area (Å²) in [5, 5.41) is 4.04. The average Bonchev–Trinajstić information content (AvgIpc) is 3.42. The number of nitrogens with zero attached hydrogens (tertiary/aromatic N) is 3. The van der Waals surface area contributed by atoms with Gasteiger partial charge in [-0.3, -0.25) is 14.6 Å². The molecule has 4 aromatic rings. The first-order valence-electron chi connectivity index (χ1n) is 12.7. The maximum Gasteiger partial charge on any atom is 0.225 e. The van der Waals surface area contributed by atoms with E-state index in [0.717, 1.165) is 35.7 Å². The van der Waals surface area contributed by atoms with Gasteiger partial charge in [0.15, 0.2) is 5.76 Å². The highest BCUT2D eigenvalue weighted by Crippen LogP contribution is 2.33. The van der Waals surface area contributed by atoms with E-state index in [1.54, 1.807) is 25.7 Å². The summed E-state index contributed by atoms with van der Waals surface area (Å²) < 4.78 is 11.7. The molecule has 1 N–H and O–H groups in total. The molecular formula is C29H32N4O4. The number of fused-ring (bicyclic) bond motifs is 1. The standard InChI is InChI=1S/C29H32N4O4/c1-3-22(34)12-5-4-6-14-25(32-27(35)16-20-10-9-15-30-18-20)29-31-19-26(37-29)23-17-21-11-7-8-13-24(21)33-28(23)36-2/h7-11,13,15,17-19,25H,3-6,12,14,16H2,1-2H3,(H,32,35). The first-order chi connectivity index (χ1) is 18.1. The van der Waals surface area contributed by atoms with Crippen molar-refractivity contribution in [1.82, 2.24) is 20.3 Å². The third-order valence-electron chi connectivity index (χ3n) is 6.23. The van der Waals surface area contributed by atoms with Gasteiger partial charge in [0.05, 0.1) is 30.8 Å². The monoisotopic (exact) mass is 500 g/mol. The molecule has 1 amide bonds. The van der Waals surface area contributed by atoms with Crippen LogP contribution in [0.15, 0.2) is 65.5 Å². The van der Waals surface area contributed by atoms with Crippen LogP contribution in [0.25, 0.3) is 22.2 Å². The molecular weight excluding hydrogens is 468 g/mol. The van der Waals surface area contributed by atoms with Gasteiger partial charge in [-0.15, -0.1) is 0 Å². The zero-order chi connectivity index (χ0) is 26.0. The molecule has 3 aromatic heterocycles. The van der Waals surface area contributed by atoms with Crippen LogP contribution in [0.3, 0.4) is 0 Å². The van der Waals surface area contributed by atoms with Gasteiger partial charge in [-0.2, -0.15) is 0 Å². The molecule has 0 spiro atoms. The summed E-state index contributed by atoms with van der Waals surface area (Å²) in [5.41, 5.74) is 2.35. The minimum Gasteiger partial charge on any atom is -0.480 e. The van der Waals surface area contributed by atoms with E-state index in [1.165, 1.54) is 0 Å². The Kier molecular flexibility index (Phi) is 8.97. The molecule has 0 bridgehead atoms. The van der Waals surface area contributed by atoms with Crippen LogP contribution in [-0.2, 0) is 16.0 Å². The summed E-state index contributed by atoms with van der Waals surface area (Å²) in [6, 6.07) is 13.0. The van der Waals surface area contributed by atoms with Gasteiger partial charge in [0, 0.05) is 30.6 Å². The van der Waals surface area contributed by atoms with Gasteiger partial charge in [-0.25, -0.2) is 9.97 Å². The van der Waals surface area contributed by atoms with E-state index in [1.807, 2.05) is 49.4 Å². The van der Waals surface area contributed by atoms with Crippen LogP contribution in [-0.4, -0.2) is 33.8 Å². The number of ketones is 1. The van der Waals surface area contributed by atoms with Crippen molar-refractivity contribution in [1.29, 1.82) is 0 Å². The lowest BCUT2D eigenvalue weighted by atomic mass is 10.0. The number of carbonyl (C=O) groups excluding carboxylic acids is 2. The Hall–Kier alpha value is -4.07. The van der Waals surface area contributed by atoms with E-state index in [9.17, 15) is 9.59 Å². The highest BCUT2D eigenvalue weighted by molar-refractivity contribution is 5.85. The van der Waals surface area contributed by atoms with Gasteiger partial charge < -0.3 is 14.5 Å². The van der Waals surface area contributed by atoms with Crippen LogP contribution in [0.4, 0.5) is 0 Å². The summed E-state index contributed by atoms with van der Waals surface area (Å²) in [4.78, 5) is 37.7. The van der Waals surface area contributed by atoms with Crippen LogP contribution in [0.5, 0.6) is 5.88 Å². The Bertz CT molecular complexity index is 1340. The molecule has 3 heterocycles. The molecule has 0 radical (unpaired) electrons. The number of pyridine rings is 2. The number of hydrogen-bond acceptors (Lipinski definition) is 7. The Morgan fingerprint density at radius 3 is 2.73 bits per heavy atom. The molecule has 1 aromatic carbocycles. The molecule has 0 aliphatic rings. The number of benzene rings is 1. The largest absolute Gasteiger partial charge is 0.480 e. The molecule has 0 aliphatic heterocycles. The molecule has 1 atom stereocenters. The fourth-order valence-corrected chi connectivity index (χ4v) is 4.22. The smallest absolute Gasteiger partial charge is 0.225 e. The van der Waals surface area contributed by atoms with Crippen molar-refractivity contribution in [2.45, 2.75) is 57.9 Å². The molecule has 0 saturated heterocycles. The molecule has 0 saturated carbocycles. The Morgan fingerprint density at radius 2 is 1.95 bits per heavy atom. The molecule has 37 heavy (non-hydrogen) atoms. The van der Waals surface area contributed by atoms with Gasteiger partial charge in [0.25, 0.3) is 0 Å². The fraction of sp³-hybridized carbons (Fsp3) is 0.345. The quantitative estimate of drug-likeness (QED) is 0.237. The predicted molar refractivity (Wildman–Crippen MR) is 141 cm³/mol. The van der Waals surface area contributed by atoms with Crippen molar-refractivity contribution in [3.63, 3.8) is 0 Å². The van der Waals surface area contributed by atoms with E-state index in [2.05, 4.69) is 20.3 Å². The number of ether oxygens (including phenoxy) is 1. The molecule has 8 heteroatoms. The number of carbonyl (C=O) groups is 2. The van der Waals surface area contributed by atoms with E-state index >= 15 is 0 Å². The van der Waals surface area contributed by atoms with E-state index in [0.29, 0.717) is 42.4 Å². The van der Waals surface area contributed by atoms with Crippen LogP contribution < -0.4 is 10.1 Å². The lowest BCUT2D eigenvalue weighted by Crippen LogP contribution is -2.30. The second-order valence-corrected chi connectivity index (χ2v) is 8.95. The van der Waals surface area contributed by atoms with Gasteiger partial charge >= 0.3 is 0 Å². The van der Waals surface area contributed by atoms with Crippen molar-refractivity contribution in [3.05, 3.63) is 72.5 Å². The zero-order valence-corrected chi connectivity index (χ0v) is 21.3. The lowest BCUT2D eigenvalue weighted by Gasteiger charge is -2.16. The Morgan fingerprint density at radius 1 is 1.08 bits per heavy atom. The normalized spacial score (nSPS) is 11.8. The maximum absolute atomic E-state index is 12.9. The van der Waals surface area contributed by atoms with Crippen molar-refractivity contribution < 1.29 is 18.7 Å². The highest BCUT2D eigenvalue weighted by Gasteiger charge is 2.22. The highest BCUT2D eigenvalue weighted by atomic mass is 16.5. The number of para-hydroxylation sites is 1. The van der Waals surface area contributed by atoms with Crippen molar-refractivity contribution in [2.24, 2.45) is 0 Å². The van der Waals surface area contributed by atoms with Crippen LogP contribution in [0.2, 0.25) is 0 Å². The van der Waals surface area contributed by atoms with Crippen molar-refractivity contribution in [3.8, 4) is 17.2 Å². The topological polar surface area (TPSA) is 107 Å². The minimum atomic E-state index is -0.404. The predicted octanol–water partition coefficient (Wildman–Crippen LogP) is 5.62. The van der Waals surface area contributed by atoms with Crippen molar-refractivity contribution in [2.75, 3.05) is 7.11 Å². The number of aromatic nitrogens is 3. The molecule has 4 rings (SSSR count). The average molecular weight is 501 g/mol. The number of nitrogens with one attached hydrogen (secondary N) is 1. The van der Waals surface area contributed by atoms with Gasteiger partial charge in [-0.1, -0.05) is 44.0 Å². The second kappa shape index (κ2) is 12.8. The number of hydrogen-bond donors (Lipinski definition) is 1. The Labute approximate surface area is 216 Å². The number of amides is 1. The molecule has 0 aliphatic carbocycles. The summed E-state index contributed by atoms with van der Waals surface area (Å²) in [5.74, 6) is 1.53. The third kappa shape index (κ3) is 7.00. The van der Waals surface area contributed by atoms with Crippen LogP contribution in [0.1, 0.15) is 62.9 Å². The van der Waals surface area contributed by atoms with E-state index in [4.69, 9.17) is 9.15 Å². The maximum atomic E-state index is 12.9. The second-order valence-electron chi connectivity index (χ2n) is 8.95. The first-order valence-corrected chi connectivity index (χ1v) is 12.7. The number of unbranched alkanes of at least 4 members (excludes halogenated alkanes) is 2. The van der Waals surface area contributed by atoms with Gasteiger partial charge in [0.1, 0.15) is 11.8 Å².